The van der Waals surface area contributed by atoms with Crippen LogP contribution in [-0.4, -0.2) is 40.7 Å². The van der Waals surface area contributed by atoms with Gasteiger partial charge < -0.3 is 5.32 Å². The van der Waals surface area contributed by atoms with Crippen molar-refractivity contribution >= 4 is 17.7 Å². The van der Waals surface area contributed by atoms with Crippen LogP contribution in [0.4, 0.5) is 0 Å². The summed E-state index contributed by atoms with van der Waals surface area (Å²) in [7, 11) is 0. The summed E-state index contributed by atoms with van der Waals surface area (Å²) in [5.41, 5.74) is 2.75. The first-order valence-corrected chi connectivity index (χ1v) is 9.35. The molecule has 0 unspecified atom stereocenters. The molecular weight excluding hydrogens is 318 g/mol. The van der Waals surface area contributed by atoms with Gasteiger partial charge in [-0.2, -0.15) is 0 Å². The predicted molar refractivity (Wildman–Crippen MR) is 98.0 cm³/mol. The number of benzene rings is 1. The van der Waals surface area contributed by atoms with Crippen LogP contribution in [0.15, 0.2) is 53.7 Å². The van der Waals surface area contributed by atoms with E-state index in [1.165, 1.54) is 11.1 Å². The molecule has 1 N–H and O–H groups in total. The SMILES string of the molecule is C[C@@H](C(=O)NCCSc1ccccn1)N1CCc2ccccc2C1. The molecule has 0 aliphatic carbocycles. The van der Waals surface area contributed by atoms with Gasteiger partial charge in [0.2, 0.25) is 5.91 Å². The van der Waals surface area contributed by atoms with Crippen molar-refractivity contribution in [3.05, 3.63) is 59.8 Å². The van der Waals surface area contributed by atoms with Crippen LogP contribution in [-0.2, 0) is 17.8 Å². The van der Waals surface area contributed by atoms with E-state index in [1.807, 2.05) is 25.1 Å². The molecule has 0 saturated carbocycles. The third kappa shape index (κ3) is 4.36. The molecule has 4 nitrogen and oxygen atoms in total. The Kier molecular flexibility index (Phi) is 5.88. The van der Waals surface area contributed by atoms with Crippen molar-refractivity contribution in [3.63, 3.8) is 0 Å². The first-order chi connectivity index (χ1) is 11.7. The van der Waals surface area contributed by atoms with Crippen molar-refractivity contribution < 1.29 is 4.79 Å². The molecule has 24 heavy (non-hydrogen) atoms. The minimum atomic E-state index is -0.0989. The Labute approximate surface area is 147 Å². The molecule has 126 valence electrons. The van der Waals surface area contributed by atoms with Gasteiger partial charge in [-0.25, -0.2) is 4.98 Å². The average Bonchev–Trinajstić information content (AvgIpc) is 2.65. The summed E-state index contributed by atoms with van der Waals surface area (Å²) < 4.78 is 0. The molecule has 1 atom stereocenters. The molecule has 1 aliphatic rings. The van der Waals surface area contributed by atoms with E-state index in [4.69, 9.17) is 0 Å². The van der Waals surface area contributed by atoms with Crippen molar-refractivity contribution in [1.29, 1.82) is 0 Å². The Morgan fingerprint density at radius 1 is 1.25 bits per heavy atom. The Morgan fingerprint density at radius 2 is 2.04 bits per heavy atom. The molecule has 2 aromatic rings. The molecule has 1 aromatic heterocycles. The van der Waals surface area contributed by atoms with Gasteiger partial charge in [-0.15, -0.1) is 11.8 Å². The zero-order valence-corrected chi connectivity index (χ0v) is 14.8. The molecule has 1 aromatic carbocycles. The first-order valence-electron chi connectivity index (χ1n) is 8.36. The lowest BCUT2D eigenvalue weighted by Crippen LogP contribution is -2.47. The number of thioether (sulfide) groups is 1. The van der Waals surface area contributed by atoms with Crippen LogP contribution in [0.25, 0.3) is 0 Å². The van der Waals surface area contributed by atoms with Crippen molar-refractivity contribution in [2.24, 2.45) is 0 Å². The third-order valence-electron chi connectivity index (χ3n) is 4.38. The van der Waals surface area contributed by atoms with Crippen LogP contribution in [0.3, 0.4) is 0 Å². The molecular formula is C19H23N3OS. The summed E-state index contributed by atoms with van der Waals surface area (Å²) in [5, 5.41) is 4.04. The molecule has 1 amide bonds. The second-order valence-electron chi connectivity index (χ2n) is 5.97. The van der Waals surface area contributed by atoms with Crippen molar-refractivity contribution in [2.75, 3.05) is 18.8 Å². The van der Waals surface area contributed by atoms with Crippen LogP contribution in [0.2, 0.25) is 0 Å². The standard InChI is InChI=1S/C19H23N3OS/c1-15(22-12-9-16-6-2-3-7-17(16)14-22)19(23)21-11-13-24-18-8-4-5-10-20-18/h2-8,10,15H,9,11-14H2,1H3,(H,21,23)/t15-/m0/s1. The van der Waals surface area contributed by atoms with E-state index in [0.717, 1.165) is 30.3 Å². The fourth-order valence-corrected chi connectivity index (χ4v) is 3.65. The fourth-order valence-electron chi connectivity index (χ4n) is 2.92. The number of hydrogen-bond acceptors (Lipinski definition) is 4. The molecule has 0 fully saturated rings. The second kappa shape index (κ2) is 8.31. The number of carbonyl (C=O) groups is 1. The molecule has 0 radical (unpaired) electrons. The van der Waals surface area contributed by atoms with Gasteiger partial charge in [-0.05, 0) is 36.6 Å². The van der Waals surface area contributed by atoms with Crippen molar-refractivity contribution in [1.82, 2.24) is 15.2 Å². The molecule has 1 aliphatic heterocycles. The summed E-state index contributed by atoms with van der Waals surface area (Å²) in [6.45, 7) is 4.45. The van der Waals surface area contributed by atoms with Gasteiger partial charge in [0.1, 0.15) is 0 Å². The van der Waals surface area contributed by atoms with Gasteiger partial charge in [-0.1, -0.05) is 30.3 Å². The number of pyridine rings is 1. The van der Waals surface area contributed by atoms with E-state index in [0.29, 0.717) is 6.54 Å². The Morgan fingerprint density at radius 3 is 2.83 bits per heavy atom. The molecule has 5 heteroatoms. The quantitative estimate of drug-likeness (QED) is 0.648. The number of rotatable bonds is 6. The van der Waals surface area contributed by atoms with E-state index in [2.05, 4.69) is 39.5 Å². The van der Waals surface area contributed by atoms with E-state index in [-0.39, 0.29) is 11.9 Å². The number of aromatic nitrogens is 1. The van der Waals surface area contributed by atoms with Crippen LogP contribution < -0.4 is 5.32 Å². The molecule has 0 spiro atoms. The lowest BCUT2D eigenvalue weighted by Gasteiger charge is -2.32. The highest BCUT2D eigenvalue weighted by molar-refractivity contribution is 7.99. The van der Waals surface area contributed by atoms with Gasteiger partial charge in [0.25, 0.3) is 0 Å². The highest BCUT2D eigenvalue weighted by Gasteiger charge is 2.24. The lowest BCUT2D eigenvalue weighted by molar-refractivity contribution is -0.126. The maximum Gasteiger partial charge on any atom is 0.237 e. The van der Waals surface area contributed by atoms with Crippen molar-refractivity contribution in [2.45, 2.75) is 31.0 Å². The second-order valence-corrected chi connectivity index (χ2v) is 7.09. The van der Waals surface area contributed by atoms with Gasteiger partial charge in [-0.3, -0.25) is 9.69 Å². The smallest absolute Gasteiger partial charge is 0.237 e. The molecule has 0 saturated heterocycles. The monoisotopic (exact) mass is 341 g/mol. The maximum absolute atomic E-state index is 12.4. The normalized spacial score (nSPS) is 15.5. The fraction of sp³-hybridized carbons (Fsp3) is 0.368. The third-order valence-corrected chi connectivity index (χ3v) is 5.32. The number of nitrogens with one attached hydrogen (secondary N) is 1. The minimum absolute atomic E-state index is 0.0989. The zero-order chi connectivity index (χ0) is 16.8. The number of amides is 1. The van der Waals surface area contributed by atoms with Gasteiger partial charge in [0, 0.05) is 31.6 Å². The predicted octanol–water partition coefficient (Wildman–Crippen LogP) is 2.74. The highest BCUT2D eigenvalue weighted by Crippen LogP contribution is 2.20. The van der Waals surface area contributed by atoms with Gasteiger partial charge in [0.15, 0.2) is 0 Å². The number of carbonyl (C=O) groups excluding carboxylic acids is 1. The number of hydrogen-bond donors (Lipinski definition) is 1. The van der Waals surface area contributed by atoms with E-state index in [9.17, 15) is 4.79 Å². The Balaban J connectivity index is 1.44. The van der Waals surface area contributed by atoms with Crippen LogP contribution in [0.1, 0.15) is 18.1 Å². The summed E-state index contributed by atoms with van der Waals surface area (Å²) >= 11 is 1.66. The Bertz CT molecular complexity index is 677. The Hall–Kier alpha value is -1.85. The lowest BCUT2D eigenvalue weighted by atomic mass is 9.99. The summed E-state index contributed by atoms with van der Waals surface area (Å²) in [5.74, 6) is 0.939. The van der Waals surface area contributed by atoms with Gasteiger partial charge >= 0.3 is 0 Å². The van der Waals surface area contributed by atoms with Gasteiger partial charge in [0.05, 0.1) is 11.1 Å². The largest absolute Gasteiger partial charge is 0.354 e. The first kappa shape index (κ1) is 17.0. The molecule has 2 heterocycles. The number of nitrogens with zero attached hydrogens (tertiary/aromatic N) is 2. The molecule has 0 bridgehead atoms. The summed E-state index contributed by atoms with van der Waals surface area (Å²) in [6.07, 6.45) is 2.81. The van der Waals surface area contributed by atoms with Crippen molar-refractivity contribution in [3.8, 4) is 0 Å². The topological polar surface area (TPSA) is 45.2 Å². The van der Waals surface area contributed by atoms with E-state index < -0.39 is 0 Å². The summed E-state index contributed by atoms with van der Waals surface area (Å²) in [6, 6.07) is 14.3. The van der Waals surface area contributed by atoms with Crippen LogP contribution >= 0.6 is 11.8 Å². The number of fused-ring (bicyclic) bond motifs is 1. The molecule has 3 rings (SSSR count). The van der Waals surface area contributed by atoms with E-state index in [1.54, 1.807) is 18.0 Å². The zero-order valence-electron chi connectivity index (χ0n) is 13.9. The van der Waals surface area contributed by atoms with Crippen LogP contribution in [0.5, 0.6) is 0 Å². The maximum atomic E-state index is 12.4. The minimum Gasteiger partial charge on any atom is -0.354 e. The van der Waals surface area contributed by atoms with E-state index >= 15 is 0 Å². The summed E-state index contributed by atoms with van der Waals surface area (Å²) in [4.78, 5) is 18.9. The highest BCUT2D eigenvalue weighted by atomic mass is 32.2. The average molecular weight is 341 g/mol. The van der Waals surface area contributed by atoms with Crippen LogP contribution in [0, 0.1) is 0 Å².